The van der Waals surface area contributed by atoms with Gasteiger partial charge in [0.2, 0.25) is 5.91 Å². The van der Waals surface area contributed by atoms with Crippen molar-refractivity contribution in [3.63, 3.8) is 0 Å². The molecule has 1 saturated carbocycles. The Morgan fingerprint density at radius 2 is 2.17 bits per heavy atom. The first-order valence-corrected chi connectivity index (χ1v) is 6.31. The minimum Gasteiger partial charge on any atom is -0.496 e. The molecule has 4 heteroatoms. The second-order valence-corrected chi connectivity index (χ2v) is 4.66. The summed E-state index contributed by atoms with van der Waals surface area (Å²) in [5.41, 5.74) is 0.670. The van der Waals surface area contributed by atoms with Crippen LogP contribution in [0.2, 0.25) is 0 Å². The molecule has 0 heterocycles. The fraction of sp³-hybridized carbons (Fsp3) is 0.500. The molecule has 1 amide bonds. The number of rotatable bonds is 4. The number of carbonyl (C=O) groups excluding carboxylic acids is 1. The molecule has 0 aromatic heterocycles. The van der Waals surface area contributed by atoms with Crippen LogP contribution >= 0.6 is 0 Å². The average molecular weight is 251 g/mol. The van der Waals surface area contributed by atoms with Crippen molar-refractivity contribution in [2.24, 2.45) is 5.92 Å². The van der Waals surface area contributed by atoms with Crippen molar-refractivity contribution < 1.29 is 13.9 Å². The van der Waals surface area contributed by atoms with Crippen LogP contribution in [0.3, 0.4) is 0 Å². The maximum absolute atomic E-state index is 13.1. The molecule has 0 radical (unpaired) electrons. The standard InChI is InChI=1S/C14H18FNO2/c1-18-13-7-6-12(15)8-11(13)9-16-14(17)10-4-2-3-5-10/h6-8,10H,2-5,9H2,1H3,(H,16,17). The number of benzene rings is 1. The van der Waals surface area contributed by atoms with Crippen molar-refractivity contribution >= 4 is 5.91 Å². The molecule has 18 heavy (non-hydrogen) atoms. The number of nitrogens with one attached hydrogen (secondary N) is 1. The number of ether oxygens (including phenoxy) is 1. The molecular formula is C14H18FNO2. The molecule has 3 nitrogen and oxygen atoms in total. The first-order chi connectivity index (χ1) is 8.70. The minimum absolute atomic E-state index is 0.0683. The summed E-state index contributed by atoms with van der Waals surface area (Å²) in [5.74, 6) is 0.479. The number of amides is 1. The van der Waals surface area contributed by atoms with Crippen molar-refractivity contribution in [3.8, 4) is 5.75 Å². The Morgan fingerprint density at radius 1 is 1.44 bits per heavy atom. The van der Waals surface area contributed by atoms with Gasteiger partial charge in [-0.1, -0.05) is 12.8 Å². The second kappa shape index (κ2) is 5.85. The van der Waals surface area contributed by atoms with Gasteiger partial charge in [0.05, 0.1) is 7.11 Å². The van der Waals surface area contributed by atoms with Gasteiger partial charge in [0.1, 0.15) is 11.6 Å². The highest BCUT2D eigenvalue weighted by atomic mass is 19.1. The molecule has 0 unspecified atom stereocenters. The first-order valence-electron chi connectivity index (χ1n) is 6.31. The van der Waals surface area contributed by atoms with Crippen LogP contribution in [0.4, 0.5) is 4.39 Å². The Labute approximate surface area is 106 Å². The summed E-state index contributed by atoms with van der Waals surface area (Å²) in [7, 11) is 1.54. The zero-order chi connectivity index (χ0) is 13.0. The van der Waals surface area contributed by atoms with E-state index in [0.29, 0.717) is 17.9 Å². The van der Waals surface area contributed by atoms with Gasteiger partial charge in [-0.15, -0.1) is 0 Å². The van der Waals surface area contributed by atoms with Gasteiger partial charge in [-0.25, -0.2) is 4.39 Å². The molecule has 98 valence electrons. The van der Waals surface area contributed by atoms with Gasteiger partial charge in [-0.05, 0) is 31.0 Å². The smallest absolute Gasteiger partial charge is 0.223 e. The van der Waals surface area contributed by atoms with Crippen molar-refractivity contribution in [2.75, 3.05) is 7.11 Å². The fourth-order valence-electron chi connectivity index (χ4n) is 2.40. The summed E-state index contributed by atoms with van der Waals surface area (Å²) in [6.07, 6.45) is 4.18. The molecule has 0 bridgehead atoms. The zero-order valence-electron chi connectivity index (χ0n) is 10.5. The van der Waals surface area contributed by atoms with Gasteiger partial charge < -0.3 is 10.1 Å². The van der Waals surface area contributed by atoms with Crippen LogP contribution in [0.25, 0.3) is 0 Å². The average Bonchev–Trinajstić information content (AvgIpc) is 2.90. The Balaban J connectivity index is 1.96. The van der Waals surface area contributed by atoms with Gasteiger partial charge in [-0.3, -0.25) is 4.79 Å². The molecule has 0 atom stereocenters. The Hall–Kier alpha value is -1.58. The molecule has 1 aromatic carbocycles. The van der Waals surface area contributed by atoms with Crippen molar-refractivity contribution in [3.05, 3.63) is 29.6 Å². The van der Waals surface area contributed by atoms with Crippen molar-refractivity contribution in [1.29, 1.82) is 0 Å². The van der Waals surface area contributed by atoms with E-state index in [1.54, 1.807) is 6.07 Å². The third kappa shape index (κ3) is 3.00. The number of hydrogen-bond donors (Lipinski definition) is 1. The van der Waals surface area contributed by atoms with Crippen LogP contribution in [0, 0.1) is 11.7 Å². The predicted molar refractivity (Wildman–Crippen MR) is 66.8 cm³/mol. The summed E-state index contributed by atoms with van der Waals surface area (Å²) in [6.45, 7) is 0.316. The zero-order valence-corrected chi connectivity index (χ0v) is 10.5. The van der Waals surface area contributed by atoms with E-state index in [-0.39, 0.29) is 17.6 Å². The summed E-state index contributed by atoms with van der Waals surface area (Å²) in [6, 6.07) is 4.32. The maximum Gasteiger partial charge on any atom is 0.223 e. The highest BCUT2D eigenvalue weighted by Gasteiger charge is 2.22. The van der Waals surface area contributed by atoms with Crippen LogP contribution in [-0.4, -0.2) is 13.0 Å². The first kappa shape index (κ1) is 12.9. The molecule has 1 aliphatic rings. The topological polar surface area (TPSA) is 38.3 Å². The van der Waals surface area contributed by atoms with E-state index in [0.717, 1.165) is 25.7 Å². The Bertz CT molecular complexity index is 428. The van der Waals surface area contributed by atoms with Gasteiger partial charge in [0.15, 0.2) is 0 Å². The molecule has 0 saturated heterocycles. The maximum atomic E-state index is 13.1. The van der Waals surface area contributed by atoms with E-state index in [2.05, 4.69) is 5.32 Å². The molecule has 1 N–H and O–H groups in total. The molecule has 0 spiro atoms. The van der Waals surface area contributed by atoms with Gasteiger partial charge in [-0.2, -0.15) is 0 Å². The lowest BCUT2D eigenvalue weighted by molar-refractivity contribution is -0.124. The minimum atomic E-state index is -0.319. The summed E-state index contributed by atoms with van der Waals surface area (Å²) in [5, 5.41) is 2.86. The molecule has 1 aromatic rings. The summed E-state index contributed by atoms with van der Waals surface area (Å²) in [4.78, 5) is 11.9. The van der Waals surface area contributed by atoms with E-state index in [1.165, 1.54) is 19.2 Å². The van der Waals surface area contributed by atoms with Crippen LogP contribution in [0.15, 0.2) is 18.2 Å². The highest BCUT2D eigenvalue weighted by molar-refractivity contribution is 5.78. The largest absolute Gasteiger partial charge is 0.496 e. The van der Waals surface area contributed by atoms with E-state index < -0.39 is 0 Å². The number of carbonyl (C=O) groups is 1. The third-order valence-corrected chi connectivity index (χ3v) is 3.42. The molecular weight excluding hydrogens is 233 g/mol. The van der Waals surface area contributed by atoms with Crippen LogP contribution < -0.4 is 10.1 Å². The Morgan fingerprint density at radius 3 is 2.83 bits per heavy atom. The normalized spacial score (nSPS) is 15.7. The summed E-state index contributed by atoms with van der Waals surface area (Å²) < 4.78 is 18.3. The van der Waals surface area contributed by atoms with E-state index in [9.17, 15) is 9.18 Å². The number of methoxy groups -OCH3 is 1. The lowest BCUT2D eigenvalue weighted by atomic mass is 10.1. The summed E-state index contributed by atoms with van der Waals surface area (Å²) >= 11 is 0. The van der Waals surface area contributed by atoms with Crippen LogP contribution in [0.5, 0.6) is 5.75 Å². The van der Waals surface area contributed by atoms with E-state index in [4.69, 9.17) is 4.74 Å². The third-order valence-electron chi connectivity index (χ3n) is 3.42. The Kier molecular flexibility index (Phi) is 4.18. The van der Waals surface area contributed by atoms with Gasteiger partial charge >= 0.3 is 0 Å². The monoisotopic (exact) mass is 251 g/mol. The lowest BCUT2D eigenvalue weighted by Crippen LogP contribution is -2.28. The van der Waals surface area contributed by atoms with Crippen LogP contribution in [0.1, 0.15) is 31.2 Å². The highest BCUT2D eigenvalue weighted by Crippen LogP contribution is 2.25. The molecule has 2 rings (SSSR count). The quantitative estimate of drug-likeness (QED) is 0.893. The molecule has 1 fully saturated rings. The second-order valence-electron chi connectivity index (χ2n) is 4.66. The SMILES string of the molecule is COc1ccc(F)cc1CNC(=O)C1CCCC1. The van der Waals surface area contributed by atoms with Gasteiger partial charge in [0, 0.05) is 18.0 Å². The fourth-order valence-corrected chi connectivity index (χ4v) is 2.40. The van der Waals surface area contributed by atoms with Crippen molar-refractivity contribution in [1.82, 2.24) is 5.32 Å². The number of hydrogen-bond acceptors (Lipinski definition) is 2. The molecule has 1 aliphatic carbocycles. The van der Waals surface area contributed by atoms with E-state index in [1.807, 2.05) is 0 Å². The van der Waals surface area contributed by atoms with E-state index >= 15 is 0 Å². The van der Waals surface area contributed by atoms with Crippen LogP contribution in [-0.2, 0) is 11.3 Å². The van der Waals surface area contributed by atoms with Crippen molar-refractivity contribution in [2.45, 2.75) is 32.2 Å². The molecule has 0 aliphatic heterocycles. The predicted octanol–water partition coefficient (Wildman–Crippen LogP) is 2.64. The number of halogens is 1. The van der Waals surface area contributed by atoms with Gasteiger partial charge in [0.25, 0.3) is 0 Å². The lowest BCUT2D eigenvalue weighted by Gasteiger charge is -2.12.